The van der Waals surface area contributed by atoms with E-state index in [0.717, 1.165) is 36.0 Å². The van der Waals surface area contributed by atoms with Gasteiger partial charge in [0.25, 0.3) is 5.95 Å². The minimum Gasteiger partial charge on any atom is -0.450 e. The first kappa shape index (κ1) is 17.8. The zero-order chi connectivity index (χ0) is 17.8. The topological polar surface area (TPSA) is 94.8 Å². The maximum Gasteiger partial charge on any atom is 0.407 e. The molecule has 1 amide bonds. The number of ether oxygens (including phenoxy) is 1. The van der Waals surface area contributed by atoms with Gasteiger partial charge in [0.05, 0.1) is 17.1 Å². The molecule has 134 valence electrons. The van der Waals surface area contributed by atoms with Crippen LogP contribution in [0.25, 0.3) is 5.95 Å². The third kappa shape index (κ3) is 4.53. The summed E-state index contributed by atoms with van der Waals surface area (Å²) in [5.74, 6) is 2.18. The number of aromatic nitrogens is 5. The molecule has 25 heavy (non-hydrogen) atoms. The van der Waals surface area contributed by atoms with Crippen molar-refractivity contribution in [2.24, 2.45) is 0 Å². The Morgan fingerprint density at radius 3 is 2.80 bits per heavy atom. The van der Waals surface area contributed by atoms with Crippen LogP contribution in [-0.2, 0) is 4.74 Å². The lowest BCUT2D eigenvalue weighted by molar-refractivity contribution is 0.141. The standard InChI is InChI=1S/C16H21BrN6O2/c1-3-4-7-25-16(24)20-10(2)14-21-13(11-5-6-11)22-23(14)15-18-8-12(17)9-19-15/h8-11H,3-7H2,1-2H3,(H,20,24)/t10-/m0/s1. The first-order valence-corrected chi connectivity index (χ1v) is 9.25. The van der Waals surface area contributed by atoms with Crippen LogP contribution in [0, 0.1) is 0 Å². The summed E-state index contributed by atoms with van der Waals surface area (Å²) in [4.78, 5) is 25.1. The molecular formula is C16H21BrN6O2. The van der Waals surface area contributed by atoms with Gasteiger partial charge in [-0.05, 0) is 42.1 Å². The van der Waals surface area contributed by atoms with E-state index in [9.17, 15) is 4.79 Å². The van der Waals surface area contributed by atoms with Crippen molar-refractivity contribution < 1.29 is 9.53 Å². The maximum atomic E-state index is 11.9. The molecule has 1 aliphatic carbocycles. The molecular weight excluding hydrogens is 388 g/mol. The average Bonchev–Trinajstić information content (AvgIpc) is 3.34. The molecule has 0 unspecified atom stereocenters. The highest BCUT2D eigenvalue weighted by Gasteiger charge is 2.31. The van der Waals surface area contributed by atoms with Crippen molar-refractivity contribution in [2.75, 3.05) is 6.61 Å². The van der Waals surface area contributed by atoms with E-state index < -0.39 is 6.09 Å². The predicted molar refractivity (Wildman–Crippen MR) is 94.4 cm³/mol. The third-order valence-corrected chi connectivity index (χ3v) is 4.25. The maximum absolute atomic E-state index is 11.9. The Morgan fingerprint density at radius 2 is 2.16 bits per heavy atom. The minimum atomic E-state index is -0.458. The van der Waals surface area contributed by atoms with Gasteiger partial charge in [-0.1, -0.05) is 13.3 Å². The number of rotatable bonds is 7. The van der Waals surface area contributed by atoms with Crippen molar-refractivity contribution in [3.05, 3.63) is 28.5 Å². The van der Waals surface area contributed by atoms with Gasteiger partial charge in [-0.25, -0.2) is 19.7 Å². The van der Waals surface area contributed by atoms with E-state index >= 15 is 0 Å². The molecule has 1 aliphatic rings. The Hall–Kier alpha value is -2.03. The molecule has 0 aromatic carbocycles. The van der Waals surface area contributed by atoms with Gasteiger partial charge in [0.2, 0.25) is 0 Å². The van der Waals surface area contributed by atoms with Crippen LogP contribution in [0.3, 0.4) is 0 Å². The highest BCUT2D eigenvalue weighted by Crippen LogP contribution is 2.38. The highest BCUT2D eigenvalue weighted by molar-refractivity contribution is 9.10. The Labute approximate surface area is 154 Å². The van der Waals surface area contributed by atoms with Gasteiger partial charge in [-0.15, -0.1) is 5.10 Å². The average molecular weight is 409 g/mol. The van der Waals surface area contributed by atoms with Gasteiger partial charge < -0.3 is 10.1 Å². The number of halogens is 1. The number of nitrogens with one attached hydrogen (secondary N) is 1. The van der Waals surface area contributed by atoms with Crippen LogP contribution in [0.1, 0.15) is 63.1 Å². The van der Waals surface area contributed by atoms with Gasteiger partial charge >= 0.3 is 6.09 Å². The van der Waals surface area contributed by atoms with E-state index in [2.05, 4.69) is 41.3 Å². The van der Waals surface area contributed by atoms with Gasteiger partial charge in [-0.2, -0.15) is 4.68 Å². The lowest BCUT2D eigenvalue weighted by Gasteiger charge is -2.13. The summed E-state index contributed by atoms with van der Waals surface area (Å²) >= 11 is 3.32. The second-order valence-corrected chi connectivity index (χ2v) is 6.99. The summed E-state index contributed by atoms with van der Waals surface area (Å²) in [6.07, 6.45) is 6.85. The van der Waals surface area contributed by atoms with E-state index in [4.69, 9.17) is 4.74 Å². The molecule has 0 saturated heterocycles. The van der Waals surface area contributed by atoms with Crippen LogP contribution < -0.4 is 5.32 Å². The Balaban J connectivity index is 1.79. The van der Waals surface area contributed by atoms with Crippen LogP contribution in [-0.4, -0.2) is 37.4 Å². The van der Waals surface area contributed by atoms with E-state index in [-0.39, 0.29) is 6.04 Å². The monoisotopic (exact) mass is 408 g/mol. The van der Waals surface area contributed by atoms with Gasteiger partial charge in [0.15, 0.2) is 11.6 Å². The number of amides is 1. The zero-order valence-corrected chi connectivity index (χ0v) is 15.9. The van der Waals surface area contributed by atoms with Crippen molar-refractivity contribution in [3.8, 4) is 5.95 Å². The molecule has 0 aliphatic heterocycles. The Kier molecular flexibility index (Phi) is 5.62. The van der Waals surface area contributed by atoms with Crippen LogP contribution in [0.2, 0.25) is 0 Å². The molecule has 0 radical (unpaired) electrons. The second kappa shape index (κ2) is 7.90. The summed E-state index contributed by atoms with van der Waals surface area (Å²) < 4.78 is 7.54. The lowest BCUT2D eigenvalue weighted by Crippen LogP contribution is -2.29. The number of carbonyl (C=O) groups excluding carboxylic acids is 1. The molecule has 1 N–H and O–H groups in total. The van der Waals surface area contributed by atoms with Crippen LogP contribution in [0.4, 0.5) is 4.79 Å². The van der Waals surface area contributed by atoms with Gasteiger partial charge in [0.1, 0.15) is 0 Å². The molecule has 0 spiro atoms. The number of alkyl carbamates (subject to hydrolysis) is 1. The second-order valence-electron chi connectivity index (χ2n) is 6.07. The number of nitrogens with zero attached hydrogens (tertiary/aromatic N) is 5. The number of hydrogen-bond donors (Lipinski definition) is 1. The Morgan fingerprint density at radius 1 is 1.44 bits per heavy atom. The summed E-state index contributed by atoms with van der Waals surface area (Å²) in [7, 11) is 0. The molecule has 2 aromatic rings. The molecule has 0 bridgehead atoms. The summed E-state index contributed by atoms with van der Waals surface area (Å²) in [5, 5.41) is 7.35. The summed E-state index contributed by atoms with van der Waals surface area (Å²) in [6, 6.07) is -0.374. The largest absolute Gasteiger partial charge is 0.450 e. The van der Waals surface area contributed by atoms with Crippen molar-refractivity contribution >= 4 is 22.0 Å². The molecule has 3 rings (SSSR count). The van der Waals surface area contributed by atoms with E-state index in [0.29, 0.717) is 24.3 Å². The molecule has 1 fully saturated rings. The third-order valence-electron chi connectivity index (χ3n) is 3.84. The fourth-order valence-corrected chi connectivity index (χ4v) is 2.49. The zero-order valence-electron chi connectivity index (χ0n) is 14.3. The van der Waals surface area contributed by atoms with Crippen molar-refractivity contribution in [1.29, 1.82) is 0 Å². The molecule has 9 heteroatoms. The molecule has 2 heterocycles. The van der Waals surface area contributed by atoms with E-state index in [1.54, 1.807) is 17.1 Å². The first-order chi connectivity index (χ1) is 12.1. The smallest absolute Gasteiger partial charge is 0.407 e. The van der Waals surface area contributed by atoms with Crippen molar-refractivity contribution in [3.63, 3.8) is 0 Å². The summed E-state index contributed by atoms with van der Waals surface area (Å²) in [5.41, 5.74) is 0. The first-order valence-electron chi connectivity index (χ1n) is 8.46. The number of unbranched alkanes of at least 4 members (excludes halogenated alkanes) is 1. The SMILES string of the molecule is CCCCOC(=O)N[C@@H](C)c1nc(C2CC2)nn1-c1ncc(Br)cn1. The lowest BCUT2D eigenvalue weighted by atomic mass is 10.3. The highest BCUT2D eigenvalue weighted by atomic mass is 79.9. The normalized spacial score (nSPS) is 15.0. The van der Waals surface area contributed by atoms with Crippen molar-refractivity contribution in [1.82, 2.24) is 30.0 Å². The van der Waals surface area contributed by atoms with Gasteiger partial charge in [0, 0.05) is 18.3 Å². The van der Waals surface area contributed by atoms with E-state index in [1.807, 2.05) is 13.8 Å². The molecule has 8 nitrogen and oxygen atoms in total. The van der Waals surface area contributed by atoms with Crippen LogP contribution in [0.5, 0.6) is 0 Å². The molecule has 1 saturated carbocycles. The Bertz CT molecular complexity index is 729. The number of carbonyl (C=O) groups is 1. The van der Waals surface area contributed by atoms with E-state index in [1.165, 1.54) is 0 Å². The minimum absolute atomic E-state index is 0.374. The molecule has 2 aromatic heterocycles. The van der Waals surface area contributed by atoms with Crippen LogP contribution in [0.15, 0.2) is 16.9 Å². The quantitative estimate of drug-likeness (QED) is 0.706. The fraction of sp³-hybridized carbons (Fsp3) is 0.562. The number of hydrogen-bond acceptors (Lipinski definition) is 6. The molecule has 1 atom stereocenters. The fourth-order valence-electron chi connectivity index (χ4n) is 2.29. The van der Waals surface area contributed by atoms with Gasteiger partial charge in [-0.3, -0.25) is 0 Å². The predicted octanol–water partition coefficient (Wildman–Crippen LogP) is 3.28. The summed E-state index contributed by atoms with van der Waals surface area (Å²) in [6.45, 7) is 4.30. The van der Waals surface area contributed by atoms with Crippen molar-refractivity contribution in [2.45, 2.75) is 51.5 Å². The van der Waals surface area contributed by atoms with Crippen LogP contribution >= 0.6 is 15.9 Å².